The van der Waals surface area contributed by atoms with E-state index in [1.165, 1.54) is 0 Å². The summed E-state index contributed by atoms with van der Waals surface area (Å²) >= 11 is 12.1. The van der Waals surface area contributed by atoms with Gasteiger partial charge in [0.15, 0.2) is 11.5 Å². The summed E-state index contributed by atoms with van der Waals surface area (Å²) in [6, 6.07) is 10.1. The summed E-state index contributed by atoms with van der Waals surface area (Å²) in [4.78, 5) is 12.4. The molecule has 0 bridgehead atoms. The maximum atomic E-state index is 12.4. The van der Waals surface area contributed by atoms with Crippen molar-refractivity contribution < 1.29 is 14.3 Å². The lowest BCUT2D eigenvalue weighted by Crippen LogP contribution is -2.27. The largest absolute Gasteiger partial charge is 0.486 e. The highest BCUT2D eigenvalue weighted by molar-refractivity contribution is 6.35. The zero-order valence-electron chi connectivity index (χ0n) is 12.4. The quantitative estimate of drug-likeness (QED) is 0.898. The molecule has 0 radical (unpaired) electrons. The molecule has 0 fully saturated rings. The summed E-state index contributed by atoms with van der Waals surface area (Å²) in [5.74, 6) is 1.03. The van der Waals surface area contributed by atoms with Crippen LogP contribution in [0.1, 0.15) is 28.9 Å². The molecule has 0 saturated heterocycles. The van der Waals surface area contributed by atoms with Crippen LogP contribution in [0.4, 0.5) is 0 Å². The molecule has 6 heteroatoms. The van der Waals surface area contributed by atoms with E-state index in [2.05, 4.69) is 5.32 Å². The Bertz CT molecular complexity index is 749. The van der Waals surface area contributed by atoms with E-state index < -0.39 is 0 Å². The third-order valence-electron chi connectivity index (χ3n) is 3.58. The van der Waals surface area contributed by atoms with E-state index in [9.17, 15) is 4.79 Å². The monoisotopic (exact) mass is 351 g/mol. The van der Waals surface area contributed by atoms with Crippen LogP contribution in [0.25, 0.3) is 0 Å². The summed E-state index contributed by atoms with van der Waals surface area (Å²) in [5, 5.41) is 4.00. The van der Waals surface area contributed by atoms with Crippen LogP contribution < -0.4 is 14.8 Å². The lowest BCUT2D eigenvalue weighted by molar-refractivity contribution is 0.0938. The maximum Gasteiger partial charge on any atom is 0.251 e. The van der Waals surface area contributed by atoms with Gasteiger partial charge in [-0.25, -0.2) is 0 Å². The van der Waals surface area contributed by atoms with Crippen LogP contribution in [0.5, 0.6) is 11.5 Å². The predicted molar refractivity (Wildman–Crippen MR) is 89.8 cm³/mol. The Hall–Kier alpha value is -1.91. The standard InChI is InChI=1S/C17H15Cl2NO3/c1-10(13-4-3-12(18)9-14(13)19)20-17(21)11-2-5-15-16(8-11)23-7-6-22-15/h2-5,8-10H,6-7H2,1H3,(H,20,21)/t10-/m1/s1. The lowest BCUT2D eigenvalue weighted by atomic mass is 10.1. The van der Waals surface area contributed by atoms with Gasteiger partial charge in [-0.2, -0.15) is 0 Å². The second-order valence-corrected chi connectivity index (χ2v) is 6.06. The molecule has 0 spiro atoms. The number of amides is 1. The second-order valence-electron chi connectivity index (χ2n) is 5.22. The van der Waals surface area contributed by atoms with E-state index in [0.29, 0.717) is 40.3 Å². The number of halogens is 2. The summed E-state index contributed by atoms with van der Waals surface area (Å²) < 4.78 is 10.9. The second kappa shape index (κ2) is 6.69. The normalized spacial score (nSPS) is 14.2. The summed E-state index contributed by atoms with van der Waals surface area (Å²) in [6.07, 6.45) is 0. The Morgan fingerprint density at radius 2 is 1.83 bits per heavy atom. The molecule has 0 aromatic heterocycles. The predicted octanol–water partition coefficient (Wildman–Crippen LogP) is 4.26. The molecule has 1 amide bonds. The highest BCUT2D eigenvalue weighted by atomic mass is 35.5. The first kappa shape index (κ1) is 16.0. The van der Waals surface area contributed by atoms with Gasteiger partial charge in [-0.3, -0.25) is 4.79 Å². The highest BCUT2D eigenvalue weighted by Gasteiger charge is 2.17. The molecule has 1 aliphatic rings. The van der Waals surface area contributed by atoms with E-state index in [0.717, 1.165) is 5.56 Å². The van der Waals surface area contributed by atoms with Crippen LogP contribution >= 0.6 is 23.2 Å². The van der Waals surface area contributed by atoms with Crippen molar-refractivity contribution in [1.29, 1.82) is 0 Å². The minimum atomic E-state index is -0.250. The number of benzene rings is 2. The van der Waals surface area contributed by atoms with Crippen molar-refractivity contribution in [3.63, 3.8) is 0 Å². The number of hydrogen-bond acceptors (Lipinski definition) is 3. The summed E-state index contributed by atoms with van der Waals surface area (Å²) in [7, 11) is 0. The third kappa shape index (κ3) is 3.54. The zero-order valence-corrected chi connectivity index (χ0v) is 13.9. The van der Waals surface area contributed by atoms with Crippen molar-refractivity contribution in [2.24, 2.45) is 0 Å². The van der Waals surface area contributed by atoms with Gasteiger partial charge >= 0.3 is 0 Å². The van der Waals surface area contributed by atoms with E-state index >= 15 is 0 Å². The van der Waals surface area contributed by atoms with Crippen molar-refractivity contribution >= 4 is 29.1 Å². The van der Waals surface area contributed by atoms with Crippen LogP contribution in [-0.2, 0) is 0 Å². The van der Waals surface area contributed by atoms with Gasteiger partial charge in [0.2, 0.25) is 0 Å². The van der Waals surface area contributed by atoms with Crippen LogP contribution in [0.15, 0.2) is 36.4 Å². The highest BCUT2D eigenvalue weighted by Crippen LogP contribution is 2.31. The number of carbonyl (C=O) groups is 1. The van der Waals surface area contributed by atoms with Crippen molar-refractivity contribution in [2.75, 3.05) is 13.2 Å². The maximum absolute atomic E-state index is 12.4. The van der Waals surface area contributed by atoms with Gasteiger partial charge in [-0.1, -0.05) is 29.3 Å². The van der Waals surface area contributed by atoms with Crippen LogP contribution in [0.3, 0.4) is 0 Å². The van der Waals surface area contributed by atoms with Gasteiger partial charge < -0.3 is 14.8 Å². The smallest absolute Gasteiger partial charge is 0.251 e. The Balaban J connectivity index is 1.76. The van der Waals surface area contributed by atoms with E-state index in [1.807, 2.05) is 6.92 Å². The Kier molecular flexibility index (Phi) is 4.64. The van der Waals surface area contributed by atoms with Gasteiger partial charge in [0.05, 0.1) is 6.04 Å². The molecular formula is C17H15Cl2NO3. The van der Waals surface area contributed by atoms with Crippen molar-refractivity contribution in [3.05, 3.63) is 57.6 Å². The van der Waals surface area contributed by atoms with Crippen molar-refractivity contribution in [3.8, 4) is 11.5 Å². The molecule has 1 atom stereocenters. The SMILES string of the molecule is C[C@@H](NC(=O)c1ccc2c(c1)OCCO2)c1ccc(Cl)cc1Cl. The molecule has 23 heavy (non-hydrogen) atoms. The van der Waals surface area contributed by atoms with Gasteiger partial charge in [-0.15, -0.1) is 0 Å². The van der Waals surface area contributed by atoms with Gasteiger partial charge in [-0.05, 0) is 42.8 Å². The van der Waals surface area contributed by atoms with Gasteiger partial charge in [0.25, 0.3) is 5.91 Å². The molecule has 1 N–H and O–H groups in total. The molecule has 2 aromatic carbocycles. The van der Waals surface area contributed by atoms with Crippen molar-refractivity contribution in [2.45, 2.75) is 13.0 Å². The Morgan fingerprint density at radius 3 is 2.57 bits per heavy atom. The molecule has 1 aliphatic heterocycles. The number of ether oxygens (including phenoxy) is 2. The fourth-order valence-electron chi connectivity index (χ4n) is 2.39. The molecule has 0 unspecified atom stereocenters. The molecule has 0 saturated carbocycles. The first-order chi connectivity index (χ1) is 11.0. The molecule has 4 nitrogen and oxygen atoms in total. The molecule has 0 aliphatic carbocycles. The number of nitrogens with one attached hydrogen (secondary N) is 1. The van der Waals surface area contributed by atoms with Crippen LogP contribution in [0.2, 0.25) is 10.0 Å². The Labute approximate surface area is 144 Å². The minimum Gasteiger partial charge on any atom is -0.486 e. The number of hydrogen-bond donors (Lipinski definition) is 1. The average molecular weight is 352 g/mol. The van der Waals surface area contributed by atoms with Crippen LogP contribution in [0, 0.1) is 0 Å². The van der Waals surface area contributed by atoms with Crippen LogP contribution in [-0.4, -0.2) is 19.1 Å². The summed E-state index contributed by atoms with van der Waals surface area (Å²) in [6.45, 7) is 2.87. The van der Waals surface area contributed by atoms with E-state index in [4.69, 9.17) is 32.7 Å². The fourth-order valence-corrected chi connectivity index (χ4v) is 2.97. The minimum absolute atomic E-state index is 0.208. The fraction of sp³-hybridized carbons (Fsp3) is 0.235. The van der Waals surface area contributed by atoms with E-state index in [-0.39, 0.29) is 11.9 Å². The lowest BCUT2D eigenvalue weighted by Gasteiger charge is -2.20. The first-order valence-corrected chi connectivity index (χ1v) is 7.95. The van der Waals surface area contributed by atoms with Gasteiger partial charge in [0.1, 0.15) is 13.2 Å². The molecule has 2 aromatic rings. The summed E-state index contributed by atoms with van der Waals surface area (Å²) in [5.41, 5.74) is 1.31. The molecular weight excluding hydrogens is 337 g/mol. The Morgan fingerprint density at radius 1 is 1.09 bits per heavy atom. The first-order valence-electron chi connectivity index (χ1n) is 7.20. The number of fused-ring (bicyclic) bond motifs is 1. The van der Waals surface area contributed by atoms with Crippen molar-refractivity contribution in [1.82, 2.24) is 5.32 Å². The third-order valence-corrected chi connectivity index (χ3v) is 4.14. The number of carbonyl (C=O) groups excluding carboxylic acids is 1. The number of rotatable bonds is 3. The van der Waals surface area contributed by atoms with E-state index in [1.54, 1.807) is 36.4 Å². The molecule has 3 rings (SSSR count). The zero-order chi connectivity index (χ0) is 16.4. The topological polar surface area (TPSA) is 47.6 Å². The van der Waals surface area contributed by atoms with Gasteiger partial charge in [0, 0.05) is 15.6 Å². The average Bonchev–Trinajstić information content (AvgIpc) is 2.54. The molecule has 120 valence electrons. The molecule has 1 heterocycles.